The van der Waals surface area contributed by atoms with Gasteiger partial charge < -0.3 is 14.5 Å². The van der Waals surface area contributed by atoms with E-state index >= 15 is 0 Å². The standard InChI is InChI=1S/C20H19NO4S/c1-13-18(20(23)24-2)10-17(25-13)11-26-12-19(22)21-16-8-7-14-5-3-4-6-15(14)9-16/h3-10H,11-12H2,1-2H3,(H,21,22). The average molecular weight is 369 g/mol. The Bertz CT molecular complexity index is 948. The van der Waals surface area contributed by atoms with E-state index in [9.17, 15) is 9.59 Å². The Morgan fingerprint density at radius 2 is 1.88 bits per heavy atom. The summed E-state index contributed by atoms with van der Waals surface area (Å²) in [6.45, 7) is 1.72. The number of esters is 1. The molecule has 2 aromatic carbocycles. The summed E-state index contributed by atoms with van der Waals surface area (Å²) < 4.78 is 10.2. The van der Waals surface area contributed by atoms with Gasteiger partial charge in [-0.3, -0.25) is 4.79 Å². The number of carbonyl (C=O) groups is 2. The molecule has 0 saturated carbocycles. The first-order valence-electron chi connectivity index (χ1n) is 8.11. The Hall–Kier alpha value is -2.73. The van der Waals surface area contributed by atoms with Crippen molar-refractivity contribution in [2.75, 3.05) is 18.2 Å². The number of ether oxygens (including phenoxy) is 1. The van der Waals surface area contributed by atoms with Gasteiger partial charge >= 0.3 is 5.97 Å². The Morgan fingerprint density at radius 3 is 2.65 bits per heavy atom. The van der Waals surface area contributed by atoms with Gasteiger partial charge in [0.15, 0.2) is 0 Å². The van der Waals surface area contributed by atoms with Gasteiger partial charge in [0.25, 0.3) is 0 Å². The second-order valence-electron chi connectivity index (χ2n) is 5.78. The number of methoxy groups -OCH3 is 1. The molecule has 1 amide bonds. The van der Waals surface area contributed by atoms with Gasteiger partial charge in [-0.05, 0) is 35.9 Å². The zero-order valence-electron chi connectivity index (χ0n) is 14.6. The van der Waals surface area contributed by atoms with Crippen molar-refractivity contribution in [1.29, 1.82) is 0 Å². The van der Waals surface area contributed by atoms with E-state index in [0.29, 0.717) is 28.6 Å². The second-order valence-corrected chi connectivity index (χ2v) is 6.76. The quantitative estimate of drug-likeness (QED) is 0.652. The van der Waals surface area contributed by atoms with E-state index in [4.69, 9.17) is 9.15 Å². The molecule has 0 atom stereocenters. The number of carbonyl (C=O) groups excluding carboxylic acids is 2. The van der Waals surface area contributed by atoms with Gasteiger partial charge in [-0.2, -0.15) is 0 Å². The van der Waals surface area contributed by atoms with Crippen molar-refractivity contribution >= 4 is 40.1 Å². The van der Waals surface area contributed by atoms with E-state index in [1.54, 1.807) is 13.0 Å². The lowest BCUT2D eigenvalue weighted by atomic mass is 10.1. The number of rotatable bonds is 6. The lowest BCUT2D eigenvalue weighted by molar-refractivity contribution is -0.113. The number of amides is 1. The monoisotopic (exact) mass is 369 g/mol. The zero-order valence-corrected chi connectivity index (χ0v) is 15.4. The fourth-order valence-electron chi connectivity index (χ4n) is 2.64. The minimum atomic E-state index is -0.420. The van der Waals surface area contributed by atoms with Crippen LogP contribution in [-0.4, -0.2) is 24.7 Å². The fraction of sp³-hybridized carbons (Fsp3) is 0.200. The molecule has 1 heterocycles. The molecule has 134 valence electrons. The number of fused-ring (bicyclic) bond motifs is 1. The number of hydrogen-bond acceptors (Lipinski definition) is 5. The number of furan rings is 1. The van der Waals surface area contributed by atoms with Crippen LogP contribution in [0.2, 0.25) is 0 Å². The predicted octanol–water partition coefficient (Wildman–Crippen LogP) is 4.40. The Kier molecular flexibility index (Phi) is 5.63. The van der Waals surface area contributed by atoms with Crippen LogP contribution >= 0.6 is 11.8 Å². The Morgan fingerprint density at radius 1 is 1.12 bits per heavy atom. The van der Waals surface area contributed by atoms with Crippen LogP contribution < -0.4 is 5.32 Å². The molecule has 0 saturated heterocycles. The topological polar surface area (TPSA) is 68.5 Å². The highest BCUT2D eigenvalue weighted by Gasteiger charge is 2.15. The molecule has 5 nitrogen and oxygen atoms in total. The third kappa shape index (κ3) is 4.26. The van der Waals surface area contributed by atoms with Gasteiger partial charge in [-0.25, -0.2) is 4.79 Å². The minimum Gasteiger partial charge on any atom is -0.465 e. The average Bonchev–Trinajstić information content (AvgIpc) is 3.01. The maximum Gasteiger partial charge on any atom is 0.341 e. The van der Waals surface area contributed by atoms with Crippen LogP contribution in [0.4, 0.5) is 5.69 Å². The minimum absolute atomic E-state index is 0.0817. The highest BCUT2D eigenvalue weighted by molar-refractivity contribution is 7.99. The molecule has 0 fully saturated rings. The zero-order chi connectivity index (χ0) is 18.5. The number of benzene rings is 2. The van der Waals surface area contributed by atoms with Gasteiger partial charge in [0.05, 0.1) is 18.6 Å². The summed E-state index contributed by atoms with van der Waals surface area (Å²) in [6.07, 6.45) is 0. The van der Waals surface area contributed by atoms with Gasteiger partial charge in [0.1, 0.15) is 17.1 Å². The van der Waals surface area contributed by atoms with Gasteiger partial charge in [0, 0.05) is 5.69 Å². The van der Waals surface area contributed by atoms with E-state index in [1.165, 1.54) is 18.9 Å². The number of aryl methyl sites for hydroxylation is 1. The summed E-state index contributed by atoms with van der Waals surface area (Å²) in [5.41, 5.74) is 1.19. The molecule has 26 heavy (non-hydrogen) atoms. The Balaban J connectivity index is 1.53. The first-order valence-corrected chi connectivity index (χ1v) is 9.26. The van der Waals surface area contributed by atoms with Crippen molar-refractivity contribution in [3.63, 3.8) is 0 Å². The van der Waals surface area contributed by atoms with E-state index in [0.717, 1.165) is 16.5 Å². The van der Waals surface area contributed by atoms with Crippen LogP contribution in [0.3, 0.4) is 0 Å². The largest absolute Gasteiger partial charge is 0.465 e. The smallest absolute Gasteiger partial charge is 0.341 e. The lowest BCUT2D eigenvalue weighted by Crippen LogP contribution is -2.14. The number of anilines is 1. The third-order valence-corrected chi connectivity index (χ3v) is 4.84. The summed E-state index contributed by atoms with van der Waals surface area (Å²) in [5, 5.41) is 5.12. The van der Waals surface area contributed by atoms with Crippen LogP contribution in [0.1, 0.15) is 21.9 Å². The molecule has 0 aliphatic carbocycles. The van der Waals surface area contributed by atoms with Gasteiger partial charge in [-0.15, -0.1) is 11.8 Å². The number of hydrogen-bond donors (Lipinski definition) is 1. The summed E-state index contributed by atoms with van der Waals surface area (Å²) >= 11 is 1.42. The third-order valence-electron chi connectivity index (χ3n) is 3.88. The molecule has 1 aromatic heterocycles. The summed E-state index contributed by atoms with van der Waals surface area (Å²) in [6, 6.07) is 15.5. The molecule has 3 rings (SSSR count). The van der Waals surface area contributed by atoms with Gasteiger partial charge in [0.2, 0.25) is 5.91 Å². The fourth-order valence-corrected chi connectivity index (χ4v) is 3.34. The second kappa shape index (κ2) is 8.10. The molecule has 0 aliphatic rings. The number of thioether (sulfide) groups is 1. The van der Waals surface area contributed by atoms with E-state index in [-0.39, 0.29) is 5.91 Å². The molecule has 0 bridgehead atoms. The summed E-state index contributed by atoms with van der Waals surface area (Å²) in [5.74, 6) is 1.46. The van der Waals surface area contributed by atoms with Crippen molar-refractivity contribution < 1.29 is 18.7 Å². The van der Waals surface area contributed by atoms with Crippen molar-refractivity contribution in [3.8, 4) is 0 Å². The molecule has 0 aliphatic heterocycles. The maximum absolute atomic E-state index is 12.1. The molecule has 1 N–H and O–H groups in total. The van der Waals surface area contributed by atoms with Crippen molar-refractivity contribution in [2.45, 2.75) is 12.7 Å². The van der Waals surface area contributed by atoms with Crippen LogP contribution in [0.25, 0.3) is 10.8 Å². The molecular formula is C20H19NO4S. The van der Waals surface area contributed by atoms with Crippen molar-refractivity contribution in [3.05, 3.63) is 65.6 Å². The van der Waals surface area contributed by atoms with Crippen LogP contribution in [0, 0.1) is 6.92 Å². The van der Waals surface area contributed by atoms with Gasteiger partial charge in [-0.1, -0.05) is 30.3 Å². The number of nitrogens with one attached hydrogen (secondary N) is 1. The molecule has 0 radical (unpaired) electrons. The molecule has 6 heteroatoms. The highest BCUT2D eigenvalue weighted by Crippen LogP contribution is 2.21. The maximum atomic E-state index is 12.1. The first kappa shape index (κ1) is 18.1. The van der Waals surface area contributed by atoms with E-state index in [1.807, 2.05) is 42.5 Å². The van der Waals surface area contributed by atoms with Crippen molar-refractivity contribution in [2.24, 2.45) is 0 Å². The van der Waals surface area contributed by atoms with E-state index < -0.39 is 5.97 Å². The highest BCUT2D eigenvalue weighted by atomic mass is 32.2. The van der Waals surface area contributed by atoms with Crippen molar-refractivity contribution in [1.82, 2.24) is 0 Å². The van der Waals surface area contributed by atoms with Crippen LogP contribution in [-0.2, 0) is 15.3 Å². The predicted molar refractivity (Wildman–Crippen MR) is 104 cm³/mol. The summed E-state index contributed by atoms with van der Waals surface area (Å²) in [7, 11) is 1.33. The SMILES string of the molecule is COC(=O)c1cc(CSCC(=O)Nc2ccc3ccccc3c2)oc1C. The molecule has 0 spiro atoms. The Labute approximate surface area is 155 Å². The van der Waals surface area contributed by atoms with Crippen LogP contribution in [0.5, 0.6) is 0 Å². The molecular weight excluding hydrogens is 350 g/mol. The lowest BCUT2D eigenvalue weighted by Gasteiger charge is -2.06. The molecule has 0 unspecified atom stereocenters. The van der Waals surface area contributed by atoms with Crippen LogP contribution in [0.15, 0.2) is 52.9 Å². The first-order chi connectivity index (χ1) is 12.6. The van der Waals surface area contributed by atoms with E-state index in [2.05, 4.69) is 5.32 Å². The molecule has 3 aromatic rings. The summed E-state index contributed by atoms with van der Waals surface area (Å²) in [4.78, 5) is 23.7. The normalized spacial score (nSPS) is 10.7.